The predicted molar refractivity (Wildman–Crippen MR) is 67.5 cm³/mol. The quantitative estimate of drug-likeness (QED) is 0.725. The Balaban J connectivity index is 2.64. The number of carboxylic acid groups (broad SMARTS) is 1. The van der Waals surface area contributed by atoms with Crippen LogP contribution in [0.25, 0.3) is 0 Å². The SMILES string of the molecule is CNC(=O)C(C)(C)CNc1ccc(C(=O)O)cn1. The normalized spacial score (nSPS) is 10.8. The maximum absolute atomic E-state index is 11.5. The van der Waals surface area contributed by atoms with Gasteiger partial charge in [-0.25, -0.2) is 9.78 Å². The molecule has 0 aliphatic heterocycles. The molecule has 0 saturated heterocycles. The van der Waals surface area contributed by atoms with Gasteiger partial charge in [0.25, 0.3) is 0 Å². The number of hydrogen-bond donors (Lipinski definition) is 3. The average molecular weight is 251 g/mol. The third kappa shape index (κ3) is 3.44. The van der Waals surface area contributed by atoms with Crippen molar-refractivity contribution in [3.63, 3.8) is 0 Å². The van der Waals surface area contributed by atoms with E-state index in [-0.39, 0.29) is 11.5 Å². The Labute approximate surface area is 105 Å². The van der Waals surface area contributed by atoms with Gasteiger partial charge in [-0.1, -0.05) is 0 Å². The Morgan fingerprint density at radius 1 is 1.39 bits per heavy atom. The second kappa shape index (κ2) is 5.48. The summed E-state index contributed by atoms with van der Waals surface area (Å²) in [7, 11) is 1.59. The fourth-order valence-corrected chi connectivity index (χ4v) is 1.36. The third-order valence-corrected chi connectivity index (χ3v) is 2.56. The van der Waals surface area contributed by atoms with E-state index in [0.717, 1.165) is 0 Å². The van der Waals surface area contributed by atoms with E-state index in [1.54, 1.807) is 13.1 Å². The van der Waals surface area contributed by atoms with Gasteiger partial charge in [-0.05, 0) is 26.0 Å². The van der Waals surface area contributed by atoms with Crippen LogP contribution in [0.2, 0.25) is 0 Å². The zero-order valence-electron chi connectivity index (χ0n) is 10.7. The van der Waals surface area contributed by atoms with Crippen molar-refractivity contribution in [3.8, 4) is 0 Å². The van der Waals surface area contributed by atoms with Gasteiger partial charge in [0.1, 0.15) is 5.82 Å². The van der Waals surface area contributed by atoms with Gasteiger partial charge in [0.15, 0.2) is 0 Å². The van der Waals surface area contributed by atoms with E-state index in [0.29, 0.717) is 12.4 Å². The number of anilines is 1. The van der Waals surface area contributed by atoms with E-state index in [1.807, 2.05) is 13.8 Å². The highest BCUT2D eigenvalue weighted by Gasteiger charge is 2.26. The Morgan fingerprint density at radius 2 is 2.06 bits per heavy atom. The van der Waals surface area contributed by atoms with Crippen LogP contribution < -0.4 is 10.6 Å². The first-order valence-electron chi connectivity index (χ1n) is 5.52. The molecule has 18 heavy (non-hydrogen) atoms. The molecule has 0 bridgehead atoms. The maximum Gasteiger partial charge on any atom is 0.337 e. The molecule has 0 aliphatic carbocycles. The highest BCUT2D eigenvalue weighted by Crippen LogP contribution is 2.16. The summed E-state index contributed by atoms with van der Waals surface area (Å²) in [4.78, 5) is 26.2. The number of carboxylic acids is 1. The summed E-state index contributed by atoms with van der Waals surface area (Å²) in [6, 6.07) is 3.04. The van der Waals surface area contributed by atoms with E-state index in [9.17, 15) is 9.59 Å². The van der Waals surface area contributed by atoms with Crippen LogP contribution in [-0.2, 0) is 4.79 Å². The largest absolute Gasteiger partial charge is 0.478 e. The van der Waals surface area contributed by atoms with Crippen LogP contribution in [0.1, 0.15) is 24.2 Å². The zero-order chi connectivity index (χ0) is 13.8. The molecule has 98 valence electrons. The first kappa shape index (κ1) is 14.0. The van der Waals surface area contributed by atoms with Crippen molar-refractivity contribution >= 4 is 17.7 Å². The molecule has 3 N–H and O–H groups in total. The van der Waals surface area contributed by atoms with Crippen LogP contribution in [0.4, 0.5) is 5.82 Å². The molecule has 6 nitrogen and oxygen atoms in total. The number of amides is 1. The van der Waals surface area contributed by atoms with Gasteiger partial charge in [-0.15, -0.1) is 0 Å². The van der Waals surface area contributed by atoms with Crippen LogP contribution in [0.3, 0.4) is 0 Å². The molecule has 0 saturated carbocycles. The topological polar surface area (TPSA) is 91.3 Å². The van der Waals surface area contributed by atoms with Gasteiger partial charge >= 0.3 is 5.97 Å². The summed E-state index contributed by atoms with van der Waals surface area (Å²) in [6.45, 7) is 4.03. The molecule has 0 atom stereocenters. The second-order valence-corrected chi connectivity index (χ2v) is 4.55. The van der Waals surface area contributed by atoms with E-state index in [2.05, 4.69) is 15.6 Å². The third-order valence-electron chi connectivity index (χ3n) is 2.56. The number of aromatic nitrogens is 1. The first-order chi connectivity index (χ1) is 8.36. The number of aromatic carboxylic acids is 1. The Hall–Kier alpha value is -2.11. The Morgan fingerprint density at radius 3 is 2.50 bits per heavy atom. The van der Waals surface area contributed by atoms with Gasteiger partial charge in [-0.2, -0.15) is 0 Å². The average Bonchev–Trinajstić information content (AvgIpc) is 2.35. The summed E-state index contributed by atoms with van der Waals surface area (Å²) in [5.74, 6) is -0.547. The van der Waals surface area contributed by atoms with Crippen molar-refractivity contribution < 1.29 is 14.7 Å². The van der Waals surface area contributed by atoms with E-state index >= 15 is 0 Å². The molecule has 0 fully saturated rings. The number of hydrogen-bond acceptors (Lipinski definition) is 4. The predicted octanol–water partition coefficient (Wildman–Crippen LogP) is 0.964. The van der Waals surface area contributed by atoms with E-state index in [1.165, 1.54) is 12.3 Å². The standard InChI is InChI=1S/C12H17N3O3/c1-12(2,11(18)13-3)7-15-9-5-4-8(6-14-9)10(16)17/h4-6H,7H2,1-3H3,(H,13,18)(H,14,15)(H,16,17). The van der Waals surface area contributed by atoms with Gasteiger partial charge in [0.05, 0.1) is 11.0 Å². The summed E-state index contributed by atoms with van der Waals surface area (Å²) in [6.07, 6.45) is 1.28. The number of nitrogens with zero attached hydrogens (tertiary/aromatic N) is 1. The van der Waals surface area contributed by atoms with E-state index < -0.39 is 11.4 Å². The highest BCUT2D eigenvalue weighted by atomic mass is 16.4. The number of carbonyl (C=O) groups is 2. The summed E-state index contributed by atoms with van der Waals surface area (Å²) < 4.78 is 0. The Bertz CT molecular complexity index is 440. The number of carbonyl (C=O) groups excluding carboxylic acids is 1. The number of pyridine rings is 1. The molecule has 1 heterocycles. The van der Waals surface area contributed by atoms with Crippen LogP contribution in [0.15, 0.2) is 18.3 Å². The smallest absolute Gasteiger partial charge is 0.337 e. The molecule has 0 unspecified atom stereocenters. The lowest BCUT2D eigenvalue weighted by Gasteiger charge is -2.23. The maximum atomic E-state index is 11.5. The molecular weight excluding hydrogens is 234 g/mol. The minimum absolute atomic E-state index is 0.0721. The molecule has 0 radical (unpaired) electrons. The van der Waals surface area contributed by atoms with Crippen LogP contribution in [0, 0.1) is 5.41 Å². The fourth-order valence-electron chi connectivity index (χ4n) is 1.36. The molecule has 1 amide bonds. The molecule has 0 aliphatic rings. The lowest BCUT2D eigenvalue weighted by Crippen LogP contribution is -2.39. The van der Waals surface area contributed by atoms with Crippen molar-refractivity contribution in [1.82, 2.24) is 10.3 Å². The summed E-state index contributed by atoms with van der Waals surface area (Å²) in [5.41, 5.74) is -0.437. The highest BCUT2D eigenvalue weighted by molar-refractivity contribution is 5.87. The van der Waals surface area contributed by atoms with Crippen LogP contribution in [-0.4, -0.2) is 35.6 Å². The lowest BCUT2D eigenvalue weighted by molar-refractivity contribution is -0.128. The van der Waals surface area contributed by atoms with Crippen molar-refractivity contribution in [1.29, 1.82) is 0 Å². The summed E-state index contributed by atoms with van der Waals surface area (Å²) in [5, 5.41) is 14.3. The number of rotatable bonds is 5. The molecule has 6 heteroatoms. The molecular formula is C12H17N3O3. The zero-order valence-corrected chi connectivity index (χ0v) is 10.7. The van der Waals surface area contributed by atoms with Gasteiger partial charge in [0, 0.05) is 19.8 Å². The second-order valence-electron chi connectivity index (χ2n) is 4.55. The lowest BCUT2D eigenvalue weighted by atomic mass is 9.92. The van der Waals surface area contributed by atoms with Gasteiger partial charge < -0.3 is 15.7 Å². The number of nitrogens with one attached hydrogen (secondary N) is 2. The minimum atomic E-state index is -1.01. The molecule has 1 rings (SSSR count). The summed E-state index contributed by atoms with van der Waals surface area (Å²) >= 11 is 0. The van der Waals surface area contributed by atoms with Gasteiger partial charge in [0.2, 0.25) is 5.91 Å². The van der Waals surface area contributed by atoms with Crippen LogP contribution >= 0.6 is 0 Å². The van der Waals surface area contributed by atoms with Crippen molar-refractivity contribution in [2.24, 2.45) is 5.41 Å². The van der Waals surface area contributed by atoms with Gasteiger partial charge in [-0.3, -0.25) is 4.79 Å². The van der Waals surface area contributed by atoms with Crippen molar-refractivity contribution in [2.45, 2.75) is 13.8 Å². The molecule has 1 aromatic rings. The minimum Gasteiger partial charge on any atom is -0.478 e. The molecule has 1 aromatic heterocycles. The van der Waals surface area contributed by atoms with Crippen LogP contribution in [0.5, 0.6) is 0 Å². The monoisotopic (exact) mass is 251 g/mol. The Kier molecular flexibility index (Phi) is 4.25. The van der Waals surface area contributed by atoms with Crippen molar-refractivity contribution in [2.75, 3.05) is 18.9 Å². The van der Waals surface area contributed by atoms with E-state index in [4.69, 9.17) is 5.11 Å². The molecule has 0 spiro atoms. The first-order valence-corrected chi connectivity index (χ1v) is 5.52. The fraction of sp³-hybridized carbons (Fsp3) is 0.417. The molecule has 0 aromatic carbocycles. The van der Waals surface area contributed by atoms with Crippen molar-refractivity contribution in [3.05, 3.63) is 23.9 Å².